The molecule has 2 aromatic carbocycles. The number of ether oxygens (including phenoxy) is 2. The van der Waals surface area contributed by atoms with E-state index < -0.39 is 0 Å². The van der Waals surface area contributed by atoms with E-state index in [2.05, 4.69) is 45.1 Å². The van der Waals surface area contributed by atoms with Gasteiger partial charge in [-0.1, -0.05) is 52.8 Å². The maximum atomic E-state index is 13.5. The molecule has 3 rings (SSSR count). The number of nitrogens with one attached hydrogen (secondary N) is 1. The van der Waals surface area contributed by atoms with Gasteiger partial charge in [0.25, 0.3) is 0 Å². The Labute approximate surface area is 222 Å². The quantitative estimate of drug-likeness (QED) is 0.428. The average molecular weight is 510 g/mol. The Bertz CT molecular complexity index is 1090. The van der Waals surface area contributed by atoms with Crippen LogP contribution in [0.15, 0.2) is 30.3 Å². The van der Waals surface area contributed by atoms with Gasteiger partial charge < -0.3 is 24.6 Å². The molecule has 7 nitrogen and oxygen atoms in total. The van der Waals surface area contributed by atoms with Crippen LogP contribution in [0, 0.1) is 0 Å². The van der Waals surface area contributed by atoms with Crippen molar-refractivity contribution >= 4 is 17.6 Å². The Hall–Kier alpha value is -3.22. The summed E-state index contributed by atoms with van der Waals surface area (Å²) in [4.78, 5) is 30.6. The summed E-state index contributed by atoms with van der Waals surface area (Å²) in [6, 6.07) is 9.79. The molecule has 2 aromatic rings. The van der Waals surface area contributed by atoms with Gasteiger partial charge in [0.05, 0.1) is 20.3 Å². The van der Waals surface area contributed by atoms with Gasteiger partial charge in [-0.2, -0.15) is 0 Å². The molecule has 0 aliphatic carbocycles. The van der Waals surface area contributed by atoms with E-state index in [1.54, 1.807) is 19.1 Å². The van der Waals surface area contributed by atoms with Crippen LogP contribution in [0.25, 0.3) is 0 Å². The Morgan fingerprint density at radius 1 is 1.05 bits per heavy atom. The zero-order valence-electron chi connectivity index (χ0n) is 23.7. The van der Waals surface area contributed by atoms with Gasteiger partial charge in [-0.15, -0.1) is 0 Å². The fourth-order valence-corrected chi connectivity index (χ4v) is 5.14. The minimum atomic E-state index is -0.235. The van der Waals surface area contributed by atoms with E-state index in [0.717, 1.165) is 40.8 Å². The highest BCUT2D eigenvalue weighted by molar-refractivity contribution is 5.94. The molecule has 7 heteroatoms. The average Bonchev–Trinajstić information content (AvgIpc) is 2.87. The third-order valence-electron chi connectivity index (χ3n) is 7.22. The molecule has 1 aliphatic rings. The molecule has 0 bridgehead atoms. The van der Waals surface area contributed by atoms with Crippen LogP contribution in [0.2, 0.25) is 0 Å². The summed E-state index contributed by atoms with van der Waals surface area (Å²) in [7, 11) is 3.24. The lowest BCUT2D eigenvalue weighted by Gasteiger charge is -2.37. The molecule has 0 saturated carbocycles. The molecular formula is C30H43N3O4. The minimum absolute atomic E-state index is 0.0352. The number of hydrogen-bond acceptors (Lipinski definition) is 4. The first-order chi connectivity index (χ1) is 17.6. The summed E-state index contributed by atoms with van der Waals surface area (Å²) >= 11 is 0. The predicted molar refractivity (Wildman–Crippen MR) is 149 cm³/mol. The zero-order valence-corrected chi connectivity index (χ0v) is 23.7. The third-order valence-corrected chi connectivity index (χ3v) is 7.22. The molecule has 0 aromatic heterocycles. The van der Waals surface area contributed by atoms with Gasteiger partial charge in [-0.25, -0.2) is 4.79 Å². The molecular weight excluding hydrogens is 466 g/mol. The standard InChI is InChI=1S/C30H43N3O4/c1-9-14-32(30(35)31-29-23(19(2)3)11-10-12-24(29)20(4)5)18-28(34)33-15-13-22-16-26(36-7)27(37-8)17-25(22)21(33)6/h10-12,16-17,19-21H,9,13-15,18H2,1-8H3,(H,31,35). The van der Waals surface area contributed by atoms with Crippen molar-refractivity contribution in [1.82, 2.24) is 9.80 Å². The molecule has 1 atom stereocenters. The van der Waals surface area contributed by atoms with Crippen LogP contribution >= 0.6 is 0 Å². The molecule has 202 valence electrons. The maximum absolute atomic E-state index is 13.5. The van der Waals surface area contributed by atoms with Crippen molar-refractivity contribution < 1.29 is 19.1 Å². The van der Waals surface area contributed by atoms with E-state index in [1.807, 2.05) is 36.9 Å². The number of methoxy groups -OCH3 is 2. The third kappa shape index (κ3) is 6.20. The van der Waals surface area contributed by atoms with Crippen molar-refractivity contribution in [3.05, 3.63) is 52.6 Å². The fraction of sp³-hybridized carbons (Fsp3) is 0.533. The van der Waals surface area contributed by atoms with Crippen LogP contribution in [0.4, 0.5) is 10.5 Å². The molecule has 0 radical (unpaired) electrons. The predicted octanol–water partition coefficient (Wildman–Crippen LogP) is 6.34. The topological polar surface area (TPSA) is 71.1 Å². The van der Waals surface area contributed by atoms with Gasteiger partial charge in [0, 0.05) is 18.8 Å². The summed E-state index contributed by atoms with van der Waals surface area (Å²) in [5.74, 6) is 1.82. The zero-order chi connectivity index (χ0) is 27.3. The molecule has 0 spiro atoms. The number of rotatable bonds is 9. The number of hydrogen-bond donors (Lipinski definition) is 1. The smallest absolute Gasteiger partial charge is 0.322 e. The number of anilines is 1. The Kier molecular flexibility index (Phi) is 9.46. The molecule has 3 amide bonds. The van der Waals surface area contributed by atoms with E-state index in [1.165, 1.54) is 0 Å². The Morgan fingerprint density at radius 2 is 1.65 bits per heavy atom. The number of nitrogens with zero attached hydrogens (tertiary/aromatic N) is 2. The highest BCUT2D eigenvalue weighted by Gasteiger charge is 2.31. The first-order valence-electron chi connectivity index (χ1n) is 13.4. The monoisotopic (exact) mass is 509 g/mol. The summed E-state index contributed by atoms with van der Waals surface area (Å²) in [5, 5.41) is 3.18. The molecule has 1 N–H and O–H groups in total. The lowest BCUT2D eigenvalue weighted by Crippen LogP contribution is -2.47. The van der Waals surface area contributed by atoms with Gasteiger partial charge in [0.1, 0.15) is 6.54 Å². The van der Waals surface area contributed by atoms with Crippen molar-refractivity contribution in [2.45, 2.75) is 72.3 Å². The van der Waals surface area contributed by atoms with Crippen molar-refractivity contribution in [2.24, 2.45) is 0 Å². The SMILES string of the molecule is CCCN(CC(=O)N1CCc2cc(OC)c(OC)cc2C1C)C(=O)Nc1c(C(C)C)cccc1C(C)C. The number of benzene rings is 2. The van der Waals surface area contributed by atoms with Crippen molar-refractivity contribution in [3.8, 4) is 11.5 Å². The maximum Gasteiger partial charge on any atom is 0.322 e. The van der Waals surface area contributed by atoms with E-state index >= 15 is 0 Å². The van der Waals surface area contributed by atoms with Gasteiger partial charge >= 0.3 is 6.03 Å². The summed E-state index contributed by atoms with van der Waals surface area (Å²) in [6.07, 6.45) is 1.49. The Balaban J connectivity index is 1.81. The van der Waals surface area contributed by atoms with Gasteiger partial charge in [-0.05, 0) is 66.0 Å². The largest absolute Gasteiger partial charge is 0.493 e. The van der Waals surface area contributed by atoms with Crippen LogP contribution in [0.1, 0.15) is 88.1 Å². The van der Waals surface area contributed by atoms with Crippen LogP contribution in [0.3, 0.4) is 0 Å². The lowest BCUT2D eigenvalue weighted by molar-refractivity contribution is -0.134. The van der Waals surface area contributed by atoms with E-state index in [9.17, 15) is 9.59 Å². The van der Waals surface area contributed by atoms with Crippen LogP contribution in [-0.2, 0) is 11.2 Å². The summed E-state index contributed by atoms with van der Waals surface area (Å²) in [6.45, 7) is 13.7. The molecule has 1 aliphatic heterocycles. The number of para-hydroxylation sites is 1. The van der Waals surface area contributed by atoms with Crippen LogP contribution in [0.5, 0.6) is 11.5 Å². The van der Waals surface area contributed by atoms with Crippen molar-refractivity contribution in [3.63, 3.8) is 0 Å². The molecule has 1 heterocycles. The van der Waals surface area contributed by atoms with Crippen LogP contribution in [-0.4, -0.2) is 55.6 Å². The van der Waals surface area contributed by atoms with Gasteiger partial charge in [0.2, 0.25) is 5.91 Å². The molecule has 0 saturated heterocycles. The normalized spacial score (nSPS) is 15.0. The minimum Gasteiger partial charge on any atom is -0.493 e. The molecule has 1 unspecified atom stereocenters. The second-order valence-corrected chi connectivity index (χ2v) is 10.4. The summed E-state index contributed by atoms with van der Waals surface area (Å²) < 4.78 is 11.0. The van der Waals surface area contributed by atoms with Crippen molar-refractivity contribution in [2.75, 3.05) is 39.2 Å². The number of carbonyl (C=O) groups is 2. The second-order valence-electron chi connectivity index (χ2n) is 10.4. The van der Waals surface area contributed by atoms with Gasteiger partial charge in [-0.3, -0.25) is 4.79 Å². The Morgan fingerprint density at radius 3 is 2.19 bits per heavy atom. The van der Waals surface area contributed by atoms with Crippen molar-refractivity contribution in [1.29, 1.82) is 0 Å². The first kappa shape index (κ1) is 28.4. The number of fused-ring (bicyclic) bond motifs is 1. The fourth-order valence-electron chi connectivity index (χ4n) is 5.14. The van der Waals surface area contributed by atoms with E-state index in [0.29, 0.717) is 24.6 Å². The molecule has 37 heavy (non-hydrogen) atoms. The molecule has 0 fully saturated rings. The van der Waals surface area contributed by atoms with E-state index in [4.69, 9.17) is 9.47 Å². The summed E-state index contributed by atoms with van der Waals surface area (Å²) in [5.41, 5.74) is 5.29. The number of urea groups is 1. The first-order valence-corrected chi connectivity index (χ1v) is 13.4. The number of amides is 3. The van der Waals surface area contributed by atoms with E-state index in [-0.39, 0.29) is 36.4 Å². The van der Waals surface area contributed by atoms with Crippen LogP contribution < -0.4 is 14.8 Å². The second kappa shape index (κ2) is 12.3. The number of carbonyl (C=O) groups excluding carboxylic acids is 2. The highest BCUT2D eigenvalue weighted by Crippen LogP contribution is 2.38. The lowest BCUT2D eigenvalue weighted by atomic mass is 9.92. The highest BCUT2D eigenvalue weighted by atomic mass is 16.5. The van der Waals surface area contributed by atoms with Gasteiger partial charge in [0.15, 0.2) is 11.5 Å².